The molecule has 0 radical (unpaired) electrons. The molecule has 1 nitrogen and oxygen atoms in total. The first-order valence-corrected chi connectivity index (χ1v) is 5.29. The molecule has 74 valence electrons. The molecule has 0 amide bonds. The molecule has 2 aliphatic rings. The molecule has 2 bridgehead atoms. The molecule has 3 atom stereocenters. The van der Waals surface area contributed by atoms with Crippen molar-refractivity contribution >= 4 is 0 Å². The van der Waals surface area contributed by atoms with E-state index in [1.165, 1.54) is 19.3 Å². The molecule has 0 spiro atoms. The fourth-order valence-corrected chi connectivity index (χ4v) is 3.45. The Bertz CT molecular complexity index is 231. The van der Waals surface area contributed by atoms with Crippen LogP contribution in [0.15, 0.2) is 12.8 Å². The van der Waals surface area contributed by atoms with Gasteiger partial charge in [-0.25, -0.2) is 0 Å². The van der Waals surface area contributed by atoms with E-state index in [1.54, 1.807) is 6.26 Å². The van der Waals surface area contributed by atoms with Crippen molar-refractivity contribution in [1.82, 2.24) is 0 Å². The van der Waals surface area contributed by atoms with Gasteiger partial charge in [-0.1, -0.05) is 27.4 Å². The van der Waals surface area contributed by atoms with Crippen molar-refractivity contribution in [3.05, 3.63) is 12.8 Å². The molecule has 0 aromatic carbocycles. The highest BCUT2D eigenvalue weighted by Crippen LogP contribution is 2.66. The summed E-state index contributed by atoms with van der Waals surface area (Å²) in [5.41, 5.74) is 0.840. The van der Waals surface area contributed by atoms with Crippen molar-refractivity contribution in [2.75, 3.05) is 0 Å². The summed E-state index contributed by atoms with van der Waals surface area (Å²) in [6, 6.07) is 0. The first-order chi connectivity index (χ1) is 6.02. The third kappa shape index (κ3) is 0.934. The van der Waals surface area contributed by atoms with Crippen molar-refractivity contribution in [3.8, 4) is 0 Å². The third-order valence-corrected chi connectivity index (χ3v) is 4.97. The van der Waals surface area contributed by atoms with Gasteiger partial charge in [0.2, 0.25) is 0 Å². The minimum atomic E-state index is 0.381. The largest absolute Gasteiger partial charge is 0.498 e. The predicted octanol–water partition coefficient (Wildman–Crippen LogP) is 3.36. The summed E-state index contributed by atoms with van der Waals surface area (Å²) < 4.78 is 5.64. The van der Waals surface area contributed by atoms with Crippen LogP contribution in [-0.2, 0) is 4.74 Å². The van der Waals surface area contributed by atoms with E-state index in [0.717, 1.165) is 5.92 Å². The van der Waals surface area contributed by atoms with Crippen molar-refractivity contribution in [2.24, 2.45) is 16.7 Å². The zero-order chi connectivity index (χ0) is 9.69. The fraction of sp³-hybridized carbons (Fsp3) is 0.833. The monoisotopic (exact) mass is 180 g/mol. The molecule has 1 unspecified atom stereocenters. The lowest BCUT2D eigenvalue weighted by Crippen LogP contribution is -2.36. The Hall–Kier alpha value is -0.460. The fourth-order valence-electron chi connectivity index (χ4n) is 3.45. The number of hydrogen-bond donors (Lipinski definition) is 0. The molecule has 0 aromatic heterocycles. The van der Waals surface area contributed by atoms with E-state index >= 15 is 0 Å². The number of fused-ring (bicyclic) bond motifs is 2. The summed E-state index contributed by atoms with van der Waals surface area (Å²) in [6.45, 7) is 10.8. The maximum Gasteiger partial charge on any atom is 0.104 e. The van der Waals surface area contributed by atoms with Crippen LogP contribution in [0.25, 0.3) is 0 Å². The van der Waals surface area contributed by atoms with Gasteiger partial charge in [0.05, 0.1) is 6.26 Å². The van der Waals surface area contributed by atoms with Gasteiger partial charge < -0.3 is 4.74 Å². The number of hydrogen-bond acceptors (Lipinski definition) is 1. The Kier molecular flexibility index (Phi) is 1.77. The highest BCUT2D eigenvalue weighted by Gasteiger charge is 2.62. The van der Waals surface area contributed by atoms with Gasteiger partial charge >= 0.3 is 0 Å². The lowest BCUT2D eigenvalue weighted by molar-refractivity contribution is 0.00178. The minimum Gasteiger partial charge on any atom is -0.498 e. The van der Waals surface area contributed by atoms with Crippen LogP contribution in [0.3, 0.4) is 0 Å². The van der Waals surface area contributed by atoms with Gasteiger partial charge in [-0.05, 0) is 30.6 Å². The molecule has 0 aliphatic heterocycles. The Morgan fingerprint density at radius 1 is 1.38 bits per heavy atom. The van der Waals surface area contributed by atoms with E-state index < -0.39 is 0 Å². The maximum atomic E-state index is 5.64. The van der Waals surface area contributed by atoms with E-state index in [9.17, 15) is 0 Å². The molecule has 2 saturated carbocycles. The normalized spacial score (nSPS) is 46.4. The first-order valence-electron chi connectivity index (χ1n) is 5.29. The second kappa shape index (κ2) is 2.52. The van der Waals surface area contributed by atoms with Crippen LogP contribution >= 0.6 is 0 Å². The Balaban J connectivity index is 2.27. The Labute approximate surface area is 81.2 Å². The van der Waals surface area contributed by atoms with E-state index in [1.807, 2.05) is 0 Å². The molecule has 0 heterocycles. The van der Waals surface area contributed by atoms with Crippen molar-refractivity contribution in [2.45, 2.75) is 46.1 Å². The smallest absolute Gasteiger partial charge is 0.104 e. The van der Waals surface area contributed by atoms with Crippen molar-refractivity contribution < 1.29 is 4.74 Å². The van der Waals surface area contributed by atoms with Crippen LogP contribution in [0.4, 0.5) is 0 Å². The van der Waals surface area contributed by atoms with Gasteiger partial charge in [-0.3, -0.25) is 0 Å². The maximum absolute atomic E-state index is 5.64. The SMILES string of the molecule is C=COC1C[C@H]2CC[C@@]1(C)C2(C)C. The van der Waals surface area contributed by atoms with Crippen molar-refractivity contribution in [3.63, 3.8) is 0 Å². The average Bonchev–Trinajstić information content (AvgIpc) is 2.37. The Morgan fingerprint density at radius 2 is 2.08 bits per heavy atom. The second-order valence-electron chi connectivity index (χ2n) is 5.40. The summed E-state index contributed by atoms with van der Waals surface area (Å²) in [6.07, 6.45) is 5.98. The summed E-state index contributed by atoms with van der Waals surface area (Å²) >= 11 is 0. The van der Waals surface area contributed by atoms with E-state index in [-0.39, 0.29) is 0 Å². The standard InChI is InChI=1S/C12H20O/c1-5-13-10-8-9-6-7-12(10,4)11(9,2)3/h5,9-10H,1,6-8H2,2-4H3/t9-,10?,12-/m1/s1. The van der Waals surface area contributed by atoms with Crippen LogP contribution in [-0.4, -0.2) is 6.10 Å². The van der Waals surface area contributed by atoms with E-state index in [0.29, 0.717) is 16.9 Å². The minimum absolute atomic E-state index is 0.381. The van der Waals surface area contributed by atoms with Crippen LogP contribution in [0.2, 0.25) is 0 Å². The first kappa shape index (κ1) is 9.11. The highest BCUT2D eigenvalue weighted by atomic mass is 16.5. The molecule has 0 saturated heterocycles. The molecule has 2 rings (SSSR count). The predicted molar refractivity (Wildman–Crippen MR) is 54.3 cm³/mol. The summed E-state index contributed by atoms with van der Waals surface area (Å²) in [7, 11) is 0. The van der Waals surface area contributed by atoms with Gasteiger partial charge in [0, 0.05) is 5.41 Å². The number of rotatable bonds is 2. The highest BCUT2D eigenvalue weighted by molar-refractivity contribution is 5.11. The molecular weight excluding hydrogens is 160 g/mol. The molecular formula is C12H20O. The van der Waals surface area contributed by atoms with E-state index in [2.05, 4.69) is 27.4 Å². The van der Waals surface area contributed by atoms with Gasteiger partial charge in [0.1, 0.15) is 6.10 Å². The lowest BCUT2D eigenvalue weighted by Gasteiger charge is -2.38. The van der Waals surface area contributed by atoms with Gasteiger partial charge in [-0.2, -0.15) is 0 Å². The Morgan fingerprint density at radius 3 is 2.46 bits per heavy atom. The molecule has 0 N–H and O–H groups in total. The third-order valence-electron chi connectivity index (χ3n) is 4.97. The van der Waals surface area contributed by atoms with Gasteiger partial charge in [-0.15, -0.1) is 0 Å². The van der Waals surface area contributed by atoms with Gasteiger partial charge in [0.25, 0.3) is 0 Å². The zero-order valence-corrected chi connectivity index (χ0v) is 8.97. The second-order valence-corrected chi connectivity index (χ2v) is 5.40. The molecule has 13 heavy (non-hydrogen) atoms. The van der Waals surface area contributed by atoms with Crippen LogP contribution < -0.4 is 0 Å². The van der Waals surface area contributed by atoms with Crippen molar-refractivity contribution in [1.29, 1.82) is 0 Å². The molecule has 2 fully saturated rings. The van der Waals surface area contributed by atoms with Crippen LogP contribution in [0.1, 0.15) is 40.0 Å². The molecule has 1 heteroatoms. The van der Waals surface area contributed by atoms with Crippen LogP contribution in [0, 0.1) is 16.7 Å². The lowest BCUT2D eigenvalue weighted by atomic mass is 9.70. The number of ether oxygens (including phenoxy) is 1. The van der Waals surface area contributed by atoms with E-state index in [4.69, 9.17) is 4.74 Å². The quantitative estimate of drug-likeness (QED) is 0.592. The average molecular weight is 180 g/mol. The zero-order valence-electron chi connectivity index (χ0n) is 8.97. The summed E-state index contributed by atoms with van der Waals surface area (Å²) in [5.74, 6) is 0.863. The molecule has 0 aromatic rings. The summed E-state index contributed by atoms with van der Waals surface area (Å²) in [5, 5.41) is 0. The molecule has 2 aliphatic carbocycles. The summed E-state index contributed by atoms with van der Waals surface area (Å²) in [4.78, 5) is 0. The van der Waals surface area contributed by atoms with Crippen LogP contribution in [0.5, 0.6) is 0 Å². The topological polar surface area (TPSA) is 9.23 Å². The van der Waals surface area contributed by atoms with Gasteiger partial charge in [0.15, 0.2) is 0 Å².